The third kappa shape index (κ3) is 2.86. The number of piperazine rings is 1. The van der Waals surface area contributed by atoms with E-state index in [1.165, 1.54) is 0 Å². The Hall–Kier alpha value is -0.610. The summed E-state index contributed by atoms with van der Waals surface area (Å²) in [6.07, 6.45) is 0. The number of nitrogens with zero attached hydrogens (tertiary/aromatic N) is 2. The van der Waals surface area contributed by atoms with Crippen LogP contribution in [0.1, 0.15) is 10.4 Å². The number of carbonyl (C=O) groups is 1. The third-order valence-corrected chi connectivity index (χ3v) is 3.91. The lowest BCUT2D eigenvalue weighted by atomic mass is 10.0. The Balaban J connectivity index is 2.27. The average Bonchev–Trinajstić information content (AvgIpc) is 2.34. The smallest absolute Gasteiger partial charge is 0.182 e. The van der Waals surface area contributed by atoms with E-state index in [2.05, 4.69) is 9.80 Å². The van der Waals surface area contributed by atoms with Gasteiger partial charge in [-0.1, -0.05) is 23.2 Å². The summed E-state index contributed by atoms with van der Waals surface area (Å²) < 4.78 is 0. The van der Waals surface area contributed by atoms with Crippen molar-refractivity contribution >= 4 is 29.0 Å². The molecule has 1 aromatic carbocycles. The van der Waals surface area contributed by atoms with Gasteiger partial charge in [0.25, 0.3) is 0 Å². The lowest BCUT2D eigenvalue weighted by Gasteiger charge is -2.36. The van der Waals surface area contributed by atoms with Crippen LogP contribution in [0.2, 0.25) is 10.0 Å². The first-order chi connectivity index (χ1) is 8.49. The molecule has 1 unspecified atom stereocenters. The Morgan fingerprint density at radius 3 is 2.72 bits per heavy atom. The van der Waals surface area contributed by atoms with Gasteiger partial charge in [-0.3, -0.25) is 9.69 Å². The van der Waals surface area contributed by atoms with Crippen LogP contribution < -0.4 is 0 Å². The summed E-state index contributed by atoms with van der Waals surface area (Å²) in [5.74, 6) is 0.0385. The zero-order valence-corrected chi connectivity index (χ0v) is 12.0. The largest absolute Gasteiger partial charge is 0.303 e. The Kier molecular flexibility index (Phi) is 4.28. The molecule has 0 radical (unpaired) electrons. The normalized spacial score (nSPS) is 22.1. The van der Waals surface area contributed by atoms with Gasteiger partial charge in [-0.05, 0) is 32.3 Å². The SMILES string of the molecule is CN1CCN(C)C(C(=O)c2cc(Cl)ccc2Cl)C1. The standard InChI is InChI=1S/C13H16Cl2N2O/c1-16-5-6-17(2)12(8-16)13(18)10-7-9(14)3-4-11(10)15/h3-4,7,12H,5-6,8H2,1-2H3. The van der Waals surface area contributed by atoms with Crippen molar-refractivity contribution in [3.8, 4) is 0 Å². The van der Waals surface area contributed by atoms with E-state index >= 15 is 0 Å². The number of rotatable bonds is 2. The summed E-state index contributed by atoms with van der Waals surface area (Å²) >= 11 is 12.0. The molecule has 1 heterocycles. The molecule has 98 valence electrons. The van der Waals surface area contributed by atoms with Crippen LogP contribution in [0.4, 0.5) is 0 Å². The molecule has 0 N–H and O–H groups in total. The summed E-state index contributed by atoms with van der Waals surface area (Å²) in [7, 11) is 3.99. The van der Waals surface area contributed by atoms with Gasteiger partial charge in [0.05, 0.1) is 11.1 Å². The van der Waals surface area contributed by atoms with Crippen LogP contribution in [0.3, 0.4) is 0 Å². The minimum atomic E-state index is -0.153. The predicted molar refractivity (Wildman–Crippen MR) is 74.7 cm³/mol. The van der Waals surface area contributed by atoms with E-state index in [0.717, 1.165) is 19.6 Å². The van der Waals surface area contributed by atoms with E-state index in [0.29, 0.717) is 15.6 Å². The topological polar surface area (TPSA) is 23.6 Å². The maximum atomic E-state index is 12.5. The highest BCUT2D eigenvalue weighted by molar-refractivity contribution is 6.36. The van der Waals surface area contributed by atoms with E-state index in [1.807, 2.05) is 14.1 Å². The fourth-order valence-electron chi connectivity index (χ4n) is 2.16. The fourth-order valence-corrected chi connectivity index (χ4v) is 2.54. The molecular formula is C13H16Cl2N2O. The minimum absolute atomic E-state index is 0.0385. The van der Waals surface area contributed by atoms with Crippen molar-refractivity contribution in [2.45, 2.75) is 6.04 Å². The van der Waals surface area contributed by atoms with E-state index in [4.69, 9.17) is 23.2 Å². The Morgan fingerprint density at radius 2 is 2.00 bits per heavy atom. The van der Waals surface area contributed by atoms with Gasteiger partial charge >= 0.3 is 0 Å². The van der Waals surface area contributed by atoms with Crippen LogP contribution in [0.5, 0.6) is 0 Å². The highest BCUT2D eigenvalue weighted by Gasteiger charge is 2.30. The molecular weight excluding hydrogens is 271 g/mol. The first kappa shape index (κ1) is 13.8. The van der Waals surface area contributed by atoms with Gasteiger partial charge in [0.15, 0.2) is 5.78 Å². The zero-order chi connectivity index (χ0) is 13.3. The predicted octanol–water partition coefficient (Wildman–Crippen LogP) is 2.42. The average molecular weight is 287 g/mol. The van der Waals surface area contributed by atoms with Gasteiger partial charge in [-0.25, -0.2) is 0 Å². The molecule has 3 nitrogen and oxygen atoms in total. The molecule has 2 rings (SSSR count). The first-order valence-corrected chi connectivity index (χ1v) is 6.62. The van der Waals surface area contributed by atoms with Crippen molar-refractivity contribution in [2.24, 2.45) is 0 Å². The molecule has 5 heteroatoms. The highest BCUT2D eigenvalue weighted by Crippen LogP contribution is 2.23. The molecule has 0 amide bonds. The monoisotopic (exact) mass is 286 g/mol. The molecule has 0 spiro atoms. The molecule has 1 aromatic rings. The van der Waals surface area contributed by atoms with Crippen LogP contribution in [0.15, 0.2) is 18.2 Å². The third-order valence-electron chi connectivity index (χ3n) is 3.35. The van der Waals surface area contributed by atoms with E-state index in [9.17, 15) is 4.79 Å². The maximum absolute atomic E-state index is 12.5. The highest BCUT2D eigenvalue weighted by atomic mass is 35.5. The molecule has 1 fully saturated rings. The van der Waals surface area contributed by atoms with Crippen LogP contribution in [-0.2, 0) is 0 Å². The van der Waals surface area contributed by atoms with E-state index < -0.39 is 0 Å². The van der Waals surface area contributed by atoms with Crippen LogP contribution in [0, 0.1) is 0 Å². The van der Waals surface area contributed by atoms with E-state index in [1.54, 1.807) is 18.2 Å². The second-order valence-electron chi connectivity index (χ2n) is 4.75. The number of benzene rings is 1. The quantitative estimate of drug-likeness (QED) is 0.780. The molecule has 1 atom stereocenters. The second kappa shape index (κ2) is 5.57. The second-order valence-corrected chi connectivity index (χ2v) is 5.59. The van der Waals surface area contributed by atoms with Crippen molar-refractivity contribution in [1.82, 2.24) is 9.80 Å². The Labute approximate surface area is 117 Å². The van der Waals surface area contributed by atoms with Crippen molar-refractivity contribution < 1.29 is 4.79 Å². The van der Waals surface area contributed by atoms with Gasteiger partial charge in [-0.15, -0.1) is 0 Å². The van der Waals surface area contributed by atoms with Crippen molar-refractivity contribution in [1.29, 1.82) is 0 Å². The minimum Gasteiger partial charge on any atom is -0.303 e. The number of ketones is 1. The molecule has 1 aliphatic rings. The molecule has 18 heavy (non-hydrogen) atoms. The number of hydrogen-bond donors (Lipinski definition) is 0. The van der Waals surface area contributed by atoms with Crippen molar-refractivity contribution in [3.63, 3.8) is 0 Å². The summed E-state index contributed by atoms with van der Waals surface area (Å²) in [5.41, 5.74) is 0.510. The Bertz CT molecular complexity index is 464. The van der Waals surface area contributed by atoms with E-state index in [-0.39, 0.29) is 11.8 Å². The number of carbonyl (C=O) groups excluding carboxylic acids is 1. The first-order valence-electron chi connectivity index (χ1n) is 5.87. The maximum Gasteiger partial charge on any atom is 0.182 e. The molecule has 0 aromatic heterocycles. The fraction of sp³-hybridized carbons (Fsp3) is 0.462. The van der Waals surface area contributed by atoms with Crippen LogP contribution in [-0.4, -0.2) is 55.4 Å². The molecule has 0 saturated carbocycles. The van der Waals surface area contributed by atoms with Gasteiger partial charge in [-0.2, -0.15) is 0 Å². The van der Waals surface area contributed by atoms with Gasteiger partial charge in [0, 0.05) is 30.2 Å². The van der Waals surface area contributed by atoms with Crippen LogP contribution in [0.25, 0.3) is 0 Å². The molecule has 1 saturated heterocycles. The number of hydrogen-bond acceptors (Lipinski definition) is 3. The summed E-state index contributed by atoms with van der Waals surface area (Å²) in [6.45, 7) is 2.58. The lowest BCUT2D eigenvalue weighted by Crippen LogP contribution is -2.53. The van der Waals surface area contributed by atoms with Gasteiger partial charge < -0.3 is 4.90 Å². The van der Waals surface area contributed by atoms with Crippen LogP contribution >= 0.6 is 23.2 Å². The zero-order valence-electron chi connectivity index (χ0n) is 10.5. The number of halogens is 2. The Morgan fingerprint density at radius 1 is 1.28 bits per heavy atom. The summed E-state index contributed by atoms with van der Waals surface area (Å²) in [6, 6.07) is 4.86. The van der Waals surface area contributed by atoms with Gasteiger partial charge in [0.2, 0.25) is 0 Å². The molecule has 0 aliphatic carbocycles. The van der Waals surface area contributed by atoms with Crippen molar-refractivity contribution in [2.75, 3.05) is 33.7 Å². The molecule has 0 bridgehead atoms. The number of likely N-dealkylation sites (N-methyl/N-ethyl adjacent to an activating group) is 2. The lowest BCUT2D eigenvalue weighted by molar-refractivity contribution is 0.0686. The number of Topliss-reactive ketones (excluding diaryl/α,β-unsaturated/α-hetero) is 1. The summed E-state index contributed by atoms with van der Waals surface area (Å²) in [4.78, 5) is 16.7. The molecule has 1 aliphatic heterocycles. The van der Waals surface area contributed by atoms with Gasteiger partial charge in [0.1, 0.15) is 0 Å². The summed E-state index contributed by atoms with van der Waals surface area (Å²) in [5, 5.41) is 1.00. The van der Waals surface area contributed by atoms with Crippen molar-refractivity contribution in [3.05, 3.63) is 33.8 Å².